The third-order valence-electron chi connectivity index (χ3n) is 5.47. The van der Waals surface area contributed by atoms with E-state index in [9.17, 15) is 0 Å². The van der Waals surface area contributed by atoms with E-state index >= 15 is 0 Å². The van der Waals surface area contributed by atoms with Crippen LogP contribution in [0.5, 0.6) is 0 Å². The van der Waals surface area contributed by atoms with Crippen LogP contribution in [0.3, 0.4) is 0 Å². The lowest BCUT2D eigenvalue weighted by atomic mass is 9.88. The first-order valence-electron chi connectivity index (χ1n) is 9.98. The fourth-order valence-electron chi connectivity index (χ4n) is 3.78. The van der Waals surface area contributed by atoms with E-state index in [1.54, 1.807) is 0 Å². The number of rotatable bonds is 11. The number of halogens is 1. The molecule has 2 atom stereocenters. The van der Waals surface area contributed by atoms with Crippen LogP contribution in [0, 0.1) is 0 Å². The Bertz CT molecular complexity index is 573. The van der Waals surface area contributed by atoms with Crippen LogP contribution >= 0.6 is 11.6 Å². The molecule has 2 aromatic carbocycles. The average molecular weight is 357 g/mol. The molecular formula is C24H33Cl. The molecule has 0 aliphatic heterocycles. The smallest absolute Gasteiger partial charge is 0.0474 e. The summed E-state index contributed by atoms with van der Waals surface area (Å²) < 4.78 is 0. The maximum absolute atomic E-state index is 5.89. The van der Waals surface area contributed by atoms with Crippen LogP contribution in [-0.4, -0.2) is 0 Å². The van der Waals surface area contributed by atoms with E-state index in [-0.39, 0.29) is 0 Å². The van der Waals surface area contributed by atoms with E-state index in [1.807, 2.05) is 0 Å². The van der Waals surface area contributed by atoms with E-state index in [0.717, 1.165) is 5.92 Å². The zero-order chi connectivity index (χ0) is 17.9. The lowest BCUT2D eigenvalue weighted by Gasteiger charge is -2.17. The van der Waals surface area contributed by atoms with Gasteiger partial charge in [0.05, 0.1) is 0 Å². The van der Waals surface area contributed by atoms with Crippen LogP contribution in [0.15, 0.2) is 54.6 Å². The summed E-state index contributed by atoms with van der Waals surface area (Å²) in [5.74, 6) is 2.03. The highest BCUT2D eigenvalue weighted by molar-refractivity contribution is 6.17. The second-order valence-corrected chi connectivity index (χ2v) is 7.40. The molecule has 0 bridgehead atoms. The zero-order valence-electron chi connectivity index (χ0n) is 15.9. The molecule has 0 saturated carbocycles. The Hall–Kier alpha value is -1.27. The number of benzene rings is 2. The standard InChI is InChI=1S/C24H33Cl/c1-3-21(23-13-9-6-10-14-23)11-7-5-8-12-22(4-2)24-17-15-20(19-25)16-18-24/h6,9-10,13-18,21-22H,3-5,7-8,11-12,19H2,1-2H3. The molecule has 0 nitrogen and oxygen atoms in total. The van der Waals surface area contributed by atoms with Gasteiger partial charge in [0.2, 0.25) is 0 Å². The Balaban J connectivity index is 1.73. The maximum atomic E-state index is 5.89. The summed E-state index contributed by atoms with van der Waals surface area (Å²) in [6, 6.07) is 19.9. The van der Waals surface area contributed by atoms with Gasteiger partial charge in [0.15, 0.2) is 0 Å². The summed E-state index contributed by atoms with van der Waals surface area (Å²) in [6.07, 6.45) is 9.12. The van der Waals surface area contributed by atoms with Crippen LogP contribution in [-0.2, 0) is 5.88 Å². The third-order valence-corrected chi connectivity index (χ3v) is 5.78. The number of hydrogen-bond acceptors (Lipinski definition) is 0. The van der Waals surface area contributed by atoms with Crippen LogP contribution in [0.4, 0.5) is 0 Å². The number of alkyl halides is 1. The molecule has 25 heavy (non-hydrogen) atoms. The highest BCUT2D eigenvalue weighted by atomic mass is 35.5. The Morgan fingerprint density at radius 3 is 1.68 bits per heavy atom. The van der Waals surface area contributed by atoms with Crippen molar-refractivity contribution < 1.29 is 0 Å². The van der Waals surface area contributed by atoms with Crippen molar-refractivity contribution in [3.63, 3.8) is 0 Å². The van der Waals surface area contributed by atoms with Crippen molar-refractivity contribution in [2.24, 2.45) is 0 Å². The average Bonchev–Trinajstić information content (AvgIpc) is 2.68. The van der Waals surface area contributed by atoms with Gasteiger partial charge in [-0.15, -0.1) is 11.6 Å². The lowest BCUT2D eigenvalue weighted by molar-refractivity contribution is 0.506. The molecule has 0 aliphatic rings. The third kappa shape index (κ3) is 6.51. The molecule has 2 aromatic rings. The molecular weight excluding hydrogens is 324 g/mol. The molecule has 0 fully saturated rings. The first-order chi connectivity index (χ1) is 12.3. The highest BCUT2D eigenvalue weighted by Crippen LogP contribution is 2.29. The van der Waals surface area contributed by atoms with Crippen molar-refractivity contribution in [2.45, 2.75) is 76.5 Å². The second kappa shape index (κ2) is 11.4. The van der Waals surface area contributed by atoms with Gasteiger partial charge in [-0.2, -0.15) is 0 Å². The van der Waals surface area contributed by atoms with Crippen molar-refractivity contribution in [1.82, 2.24) is 0 Å². The molecule has 0 heterocycles. The van der Waals surface area contributed by atoms with Crippen molar-refractivity contribution in [1.29, 1.82) is 0 Å². The largest absolute Gasteiger partial charge is 0.122 e. The Labute approximate surface area is 159 Å². The minimum absolute atomic E-state index is 0.608. The fraction of sp³-hybridized carbons (Fsp3) is 0.500. The van der Waals surface area contributed by atoms with Gasteiger partial charge < -0.3 is 0 Å². The number of hydrogen-bond donors (Lipinski definition) is 0. The molecule has 0 saturated heterocycles. The van der Waals surface area contributed by atoms with Gasteiger partial charge >= 0.3 is 0 Å². The van der Waals surface area contributed by atoms with E-state index in [4.69, 9.17) is 11.6 Å². The summed E-state index contributed by atoms with van der Waals surface area (Å²) in [5, 5.41) is 0. The van der Waals surface area contributed by atoms with Crippen molar-refractivity contribution in [3.8, 4) is 0 Å². The molecule has 0 N–H and O–H groups in total. The van der Waals surface area contributed by atoms with Crippen LogP contribution in [0.1, 0.15) is 87.3 Å². The molecule has 0 aliphatic carbocycles. The van der Waals surface area contributed by atoms with Gasteiger partial charge in [0.1, 0.15) is 0 Å². The monoisotopic (exact) mass is 356 g/mol. The van der Waals surface area contributed by atoms with Crippen molar-refractivity contribution in [3.05, 3.63) is 71.3 Å². The van der Waals surface area contributed by atoms with Crippen LogP contribution < -0.4 is 0 Å². The van der Waals surface area contributed by atoms with Gasteiger partial charge in [-0.25, -0.2) is 0 Å². The second-order valence-electron chi connectivity index (χ2n) is 7.13. The van der Waals surface area contributed by atoms with E-state index in [1.165, 1.54) is 61.6 Å². The fourth-order valence-corrected chi connectivity index (χ4v) is 3.95. The minimum Gasteiger partial charge on any atom is -0.122 e. The lowest BCUT2D eigenvalue weighted by Crippen LogP contribution is -1.99. The molecule has 2 unspecified atom stereocenters. The number of unbranched alkanes of at least 4 members (excludes halogenated alkanes) is 2. The molecule has 0 aromatic heterocycles. The van der Waals surface area contributed by atoms with Gasteiger partial charge in [-0.3, -0.25) is 0 Å². The first kappa shape index (κ1) is 20.0. The Morgan fingerprint density at radius 1 is 0.680 bits per heavy atom. The summed E-state index contributed by atoms with van der Waals surface area (Å²) in [6.45, 7) is 4.62. The molecule has 0 amide bonds. The first-order valence-corrected chi connectivity index (χ1v) is 10.5. The van der Waals surface area contributed by atoms with E-state index < -0.39 is 0 Å². The Morgan fingerprint density at radius 2 is 1.20 bits per heavy atom. The van der Waals surface area contributed by atoms with E-state index in [0.29, 0.717) is 11.8 Å². The molecule has 2 rings (SSSR count). The SMILES string of the molecule is CCC(CCCCCC(CC)c1ccc(CCl)cc1)c1ccccc1. The predicted molar refractivity (Wildman–Crippen MR) is 112 cm³/mol. The summed E-state index contributed by atoms with van der Waals surface area (Å²) in [4.78, 5) is 0. The summed E-state index contributed by atoms with van der Waals surface area (Å²) in [7, 11) is 0. The van der Waals surface area contributed by atoms with Gasteiger partial charge in [-0.05, 0) is 54.2 Å². The maximum Gasteiger partial charge on any atom is 0.0474 e. The Kier molecular flexibility index (Phi) is 9.11. The van der Waals surface area contributed by atoms with Crippen molar-refractivity contribution in [2.75, 3.05) is 0 Å². The molecule has 0 spiro atoms. The molecule has 136 valence electrons. The minimum atomic E-state index is 0.608. The van der Waals surface area contributed by atoms with E-state index in [2.05, 4.69) is 68.4 Å². The topological polar surface area (TPSA) is 0 Å². The van der Waals surface area contributed by atoms with Crippen LogP contribution in [0.2, 0.25) is 0 Å². The quantitative estimate of drug-likeness (QED) is 0.282. The van der Waals surface area contributed by atoms with Crippen LogP contribution in [0.25, 0.3) is 0 Å². The zero-order valence-corrected chi connectivity index (χ0v) is 16.6. The van der Waals surface area contributed by atoms with Crippen molar-refractivity contribution >= 4 is 11.6 Å². The highest BCUT2D eigenvalue weighted by Gasteiger charge is 2.11. The normalized spacial score (nSPS) is 13.6. The molecule has 0 radical (unpaired) electrons. The summed E-state index contributed by atoms with van der Waals surface area (Å²) in [5.41, 5.74) is 4.20. The molecule has 1 heteroatoms. The van der Waals surface area contributed by atoms with Gasteiger partial charge in [-0.1, -0.05) is 87.7 Å². The predicted octanol–water partition coefficient (Wildman–Crippen LogP) is 8.06. The summed E-state index contributed by atoms with van der Waals surface area (Å²) >= 11 is 5.89. The van der Waals surface area contributed by atoms with Gasteiger partial charge in [0.25, 0.3) is 0 Å². The van der Waals surface area contributed by atoms with Gasteiger partial charge in [0, 0.05) is 5.88 Å².